The second kappa shape index (κ2) is 10.9. The van der Waals surface area contributed by atoms with Crippen LogP contribution in [0.25, 0.3) is 22.2 Å². The molecule has 0 aliphatic carbocycles. The Kier molecular flexibility index (Phi) is 7.78. The van der Waals surface area contributed by atoms with E-state index in [1.54, 1.807) is 75.5 Å². The zero-order valence-electron chi connectivity index (χ0n) is 22.5. The molecule has 0 aliphatic rings. The van der Waals surface area contributed by atoms with Crippen LogP contribution in [0.4, 0.5) is 10.5 Å². The lowest BCUT2D eigenvalue weighted by molar-refractivity contribution is -0.119. The number of carbonyl (C=O) groups is 2. The molecule has 4 rings (SSSR count). The van der Waals surface area contributed by atoms with Crippen LogP contribution in [-0.2, 0) is 19.6 Å². The summed E-state index contributed by atoms with van der Waals surface area (Å²) in [6.07, 6.45) is 2.41. The normalized spacial score (nSPS) is 12.8. The number of amides is 2. The van der Waals surface area contributed by atoms with E-state index in [1.165, 1.54) is 10.2 Å². The predicted octanol–water partition coefficient (Wildman–Crippen LogP) is 5.43. The number of carbonyl (C=O) groups excluding carboxylic acids is 2. The van der Waals surface area contributed by atoms with Gasteiger partial charge < -0.3 is 15.4 Å². The second-order valence-corrected chi connectivity index (χ2v) is 12.3. The third-order valence-corrected chi connectivity index (χ3v) is 7.62. The van der Waals surface area contributed by atoms with Crippen molar-refractivity contribution in [2.75, 3.05) is 5.32 Å². The minimum atomic E-state index is -3.81. The number of nitrogens with zero attached hydrogens (tertiary/aromatic N) is 2. The molecule has 2 aromatic heterocycles. The van der Waals surface area contributed by atoms with Crippen molar-refractivity contribution in [3.8, 4) is 11.1 Å². The van der Waals surface area contributed by atoms with E-state index in [-0.39, 0.29) is 16.7 Å². The number of alkyl carbamates (subject to hydrolysis) is 1. The predicted molar refractivity (Wildman–Crippen MR) is 151 cm³/mol. The standard InChI is InChI=1S/C29H32N4O5S/c1-19(2)25(32-28(35)38-29(3,4)5)27(34)31-21-13-11-20(12-14-21)23-15-17-30-26-24(23)16-18-33(26)39(36,37)22-9-7-6-8-10-22/h6-19,25H,1-5H3,(H,31,34)(H,32,35)/t25-/m1/s1. The maximum atomic E-state index is 13.2. The minimum Gasteiger partial charge on any atom is -0.444 e. The smallest absolute Gasteiger partial charge is 0.408 e. The van der Waals surface area contributed by atoms with Gasteiger partial charge in [0.15, 0.2) is 5.65 Å². The lowest BCUT2D eigenvalue weighted by Crippen LogP contribution is -2.48. The molecule has 0 bridgehead atoms. The van der Waals surface area contributed by atoms with Gasteiger partial charge in [0.05, 0.1) is 4.90 Å². The molecule has 2 amide bonds. The highest BCUT2D eigenvalue weighted by molar-refractivity contribution is 7.90. The van der Waals surface area contributed by atoms with Crippen molar-refractivity contribution in [3.63, 3.8) is 0 Å². The molecule has 0 spiro atoms. The highest BCUT2D eigenvalue weighted by Gasteiger charge is 2.27. The van der Waals surface area contributed by atoms with E-state index in [2.05, 4.69) is 15.6 Å². The summed E-state index contributed by atoms with van der Waals surface area (Å²) in [4.78, 5) is 29.7. The Morgan fingerprint density at radius 3 is 2.23 bits per heavy atom. The van der Waals surface area contributed by atoms with Crippen LogP contribution >= 0.6 is 0 Å². The Hall–Kier alpha value is -4.18. The molecule has 10 heteroatoms. The number of fused-ring (bicyclic) bond motifs is 1. The van der Waals surface area contributed by atoms with E-state index in [1.807, 2.05) is 32.0 Å². The van der Waals surface area contributed by atoms with Gasteiger partial charge in [0.25, 0.3) is 10.0 Å². The van der Waals surface area contributed by atoms with Gasteiger partial charge in [-0.05, 0) is 74.2 Å². The van der Waals surface area contributed by atoms with Crippen molar-refractivity contribution >= 4 is 38.7 Å². The molecule has 0 aliphatic heterocycles. The zero-order valence-corrected chi connectivity index (χ0v) is 23.3. The summed E-state index contributed by atoms with van der Waals surface area (Å²) in [6, 6.07) is 18.1. The Bertz CT molecular complexity index is 1590. The topological polar surface area (TPSA) is 119 Å². The second-order valence-electron chi connectivity index (χ2n) is 10.5. The molecule has 39 heavy (non-hydrogen) atoms. The van der Waals surface area contributed by atoms with Crippen LogP contribution in [0.15, 0.2) is 84.0 Å². The number of hydrogen-bond acceptors (Lipinski definition) is 6. The maximum Gasteiger partial charge on any atom is 0.408 e. The summed E-state index contributed by atoms with van der Waals surface area (Å²) < 4.78 is 32.9. The van der Waals surface area contributed by atoms with Crippen molar-refractivity contribution in [2.24, 2.45) is 5.92 Å². The molecule has 0 fully saturated rings. The number of ether oxygens (including phenoxy) is 1. The van der Waals surface area contributed by atoms with Crippen LogP contribution in [0, 0.1) is 5.92 Å². The van der Waals surface area contributed by atoms with Gasteiger partial charge in [0.2, 0.25) is 5.91 Å². The Morgan fingerprint density at radius 2 is 1.62 bits per heavy atom. The van der Waals surface area contributed by atoms with E-state index in [0.717, 1.165) is 11.1 Å². The number of hydrogen-bond donors (Lipinski definition) is 2. The number of pyridine rings is 1. The third kappa shape index (κ3) is 6.28. The molecular formula is C29H32N4O5S. The molecule has 1 atom stereocenters. The first kappa shape index (κ1) is 27.8. The molecule has 2 heterocycles. The third-order valence-electron chi connectivity index (χ3n) is 5.94. The summed E-state index contributed by atoms with van der Waals surface area (Å²) in [6.45, 7) is 8.94. The Labute approximate surface area is 228 Å². The molecular weight excluding hydrogens is 516 g/mol. The minimum absolute atomic E-state index is 0.168. The van der Waals surface area contributed by atoms with Crippen molar-refractivity contribution in [3.05, 3.63) is 79.1 Å². The summed E-state index contributed by atoms with van der Waals surface area (Å²) in [5.41, 5.74) is 1.81. The van der Waals surface area contributed by atoms with Gasteiger partial charge in [0, 0.05) is 23.5 Å². The van der Waals surface area contributed by atoms with Crippen molar-refractivity contribution in [1.29, 1.82) is 0 Å². The summed E-state index contributed by atoms with van der Waals surface area (Å²) in [5, 5.41) is 6.17. The van der Waals surface area contributed by atoms with Crippen LogP contribution < -0.4 is 10.6 Å². The van der Waals surface area contributed by atoms with Crippen LogP contribution in [0.2, 0.25) is 0 Å². The highest BCUT2D eigenvalue weighted by Crippen LogP contribution is 2.31. The monoisotopic (exact) mass is 548 g/mol. The van der Waals surface area contributed by atoms with E-state index in [9.17, 15) is 18.0 Å². The average molecular weight is 549 g/mol. The lowest BCUT2D eigenvalue weighted by Gasteiger charge is -2.25. The molecule has 4 aromatic rings. The highest BCUT2D eigenvalue weighted by atomic mass is 32.2. The molecule has 2 aromatic carbocycles. The lowest BCUT2D eigenvalue weighted by atomic mass is 10.0. The molecule has 204 valence electrons. The van der Waals surface area contributed by atoms with Gasteiger partial charge in [-0.2, -0.15) is 0 Å². The summed E-state index contributed by atoms with van der Waals surface area (Å²) >= 11 is 0. The van der Waals surface area contributed by atoms with Crippen molar-refractivity contribution in [2.45, 2.75) is 51.2 Å². The Morgan fingerprint density at radius 1 is 0.949 bits per heavy atom. The first-order chi connectivity index (χ1) is 18.4. The molecule has 0 radical (unpaired) electrons. The van der Waals surface area contributed by atoms with Crippen LogP contribution in [0.1, 0.15) is 34.6 Å². The number of rotatable bonds is 7. The van der Waals surface area contributed by atoms with E-state index in [4.69, 9.17) is 4.74 Å². The first-order valence-corrected chi connectivity index (χ1v) is 14.0. The van der Waals surface area contributed by atoms with Gasteiger partial charge in [-0.3, -0.25) is 4.79 Å². The first-order valence-electron chi connectivity index (χ1n) is 12.5. The van der Waals surface area contributed by atoms with E-state index in [0.29, 0.717) is 16.7 Å². The van der Waals surface area contributed by atoms with Gasteiger partial charge in [0.1, 0.15) is 11.6 Å². The molecule has 0 saturated heterocycles. The van der Waals surface area contributed by atoms with Gasteiger partial charge >= 0.3 is 6.09 Å². The summed E-state index contributed by atoms with van der Waals surface area (Å²) in [7, 11) is -3.81. The number of nitrogens with one attached hydrogen (secondary N) is 2. The van der Waals surface area contributed by atoms with Crippen molar-refractivity contribution < 1.29 is 22.7 Å². The fourth-order valence-electron chi connectivity index (χ4n) is 4.09. The maximum absolute atomic E-state index is 13.2. The largest absolute Gasteiger partial charge is 0.444 e. The molecule has 0 unspecified atom stereocenters. The average Bonchev–Trinajstić information content (AvgIpc) is 3.32. The van der Waals surface area contributed by atoms with E-state index < -0.39 is 27.8 Å². The molecule has 9 nitrogen and oxygen atoms in total. The van der Waals surface area contributed by atoms with Crippen LogP contribution in [0.3, 0.4) is 0 Å². The quantitative estimate of drug-likeness (QED) is 0.318. The molecule has 0 saturated carbocycles. The Balaban J connectivity index is 1.55. The fraction of sp³-hybridized carbons (Fsp3) is 0.276. The SMILES string of the molecule is CC(C)[C@@H](NC(=O)OC(C)(C)C)C(=O)Nc1ccc(-c2ccnc3c2ccn3S(=O)(=O)c2ccccc2)cc1. The summed E-state index contributed by atoms with van der Waals surface area (Å²) in [5.74, 6) is -0.531. The van der Waals surface area contributed by atoms with E-state index >= 15 is 0 Å². The number of benzene rings is 2. The number of anilines is 1. The number of aromatic nitrogens is 2. The van der Waals surface area contributed by atoms with Gasteiger partial charge in [-0.15, -0.1) is 0 Å². The van der Waals surface area contributed by atoms with Gasteiger partial charge in [-0.1, -0.05) is 44.2 Å². The van der Waals surface area contributed by atoms with Crippen LogP contribution in [-0.4, -0.2) is 41.0 Å². The van der Waals surface area contributed by atoms with Gasteiger partial charge in [-0.25, -0.2) is 22.2 Å². The van der Waals surface area contributed by atoms with Crippen molar-refractivity contribution in [1.82, 2.24) is 14.3 Å². The van der Waals surface area contributed by atoms with Crippen LogP contribution in [0.5, 0.6) is 0 Å². The fourth-order valence-corrected chi connectivity index (χ4v) is 5.41. The zero-order chi connectivity index (χ0) is 28.4. The molecule has 2 N–H and O–H groups in total.